The topological polar surface area (TPSA) is 99.2 Å². The van der Waals surface area contributed by atoms with Crippen LogP contribution >= 0.6 is 0 Å². The molecule has 2 rings (SSSR count). The van der Waals surface area contributed by atoms with Gasteiger partial charge in [0.25, 0.3) is 0 Å². The number of sulfonamides is 1. The first-order chi connectivity index (χ1) is 10.6. The second-order valence-corrected chi connectivity index (χ2v) is 6.91. The van der Waals surface area contributed by atoms with Gasteiger partial charge >= 0.3 is 6.18 Å². The molecule has 0 aromatic heterocycles. The summed E-state index contributed by atoms with van der Waals surface area (Å²) in [6.45, 7) is -0.476. The van der Waals surface area contributed by atoms with Gasteiger partial charge in [0, 0.05) is 19.1 Å². The molecule has 1 unspecified atom stereocenters. The first-order valence-electron chi connectivity index (χ1n) is 6.71. The van der Waals surface area contributed by atoms with E-state index in [4.69, 9.17) is 10.4 Å². The third-order valence-corrected chi connectivity index (χ3v) is 4.39. The molecule has 1 atom stereocenters. The van der Waals surface area contributed by atoms with E-state index in [9.17, 15) is 21.6 Å². The lowest BCUT2D eigenvalue weighted by atomic mass is 10.1. The monoisotopic (exact) mass is 348 g/mol. The van der Waals surface area contributed by atoms with Gasteiger partial charge in [-0.15, -0.1) is 0 Å². The molecule has 0 radical (unpaired) electrons. The lowest BCUT2D eigenvalue weighted by Gasteiger charge is -2.19. The number of hydrogen-bond acceptors (Lipinski definition) is 5. The van der Waals surface area contributed by atoms with Crippen LogP contribution in [0.25, 0.3) is 0 Å². The van der Waals surface area contributed by atoms with E-state index < -0.39 is 22.7 Å². The normalized spacial score (nSPS) is 19.5. The number of nitriles is 1. The number of primary sulfonamides is 1. The summed E-state index contributed by atoms with van der Waals surface area (Å²) in [6, 6.07) is 5.39. The Hall–Kier alpha value is -1.83. The van der Waals surface area contributed by atoms with Gasteiger partial charge in [-0.3, -0.25) is 4.90 Å². The van der Waals surface area contributed by atoms with Gasteiger partial charge in [-0.2, -0.15) is 18.4 Å². The Balaban J connectivity index is 2.08. The van der Waals surface area contributed by atoms with Gasteiger partial charge < -0.3 is 5.32 Å². The minimum Gasteiger partial charge on any atom is -0.380 e. The number of nitrogens with one attached hydrogen (secondary N) is 1. The van der Waals surface area contributed by atoms with Crippen molar-refractivity contribution in [2.75, 3.05) is 25.0 Å². The number of nitrogens with two attached hydrogens (primary N) is 1. The van der Waals surface area contributed by atoms with Crippen molar-refractivity contribution in [1.29, 1.82) is 5.26 Å². The standard InChI is InChI=1S/C13H15F3N4O2S/c14-13(15,16)8-20-4-3-10(7-20)19-12-2-1-11(23(18,21)22)5-9(12)6-17/h1-2,5,10,19H,3-4,7-8H2,(H2,18,21,22). The van der Waals surface area contributed by atoms with Crippen LogP contribution in [0.15, 0.2) is 23.1 Å². The molecule has 1 aliphatic heterocycles. The highest BCUT2D eigenvalue weighted by atomic mass is 32.2. The molecular weight excluding hydrogens is 333 g/mol. The zero-order valence-corrected chi connectivity index (χ0v) is 12.8. The molecule has 6 nitrogen and oxygen atoms in total. The Labute approximate surface area is 131 Å². The second-order valence-electron chi connectivity index (χ2n) is 5.34. The molecule has 0 saturated carbocycles. The molecule has 126 valence electrons. The average Bonchev–Trinajstić information content (AvgIpc) is 2.82. The fourth-order valence-electron chi connectivity index (χ4n) is 2.49. The highest BCUT2D eigenvalue weighted by Gasteiger charge is 2.34. The Morgan fingerprint density at radius 2 is 2.13 bits per heavy atom. The van der Waals surface area contributed by atoms with Crippen LogP contribution in [0.3, 0.4) is 0 Å². The zero-order valence-electron chi connectivity index (χ0n) is 12.0. The molecule has 23 heavy (non-hydrogen) atoms. The first kappa shape index (κ1) is 17.5. The van der Waals surface area contributed by atoms with Crippen LogP contribution in [-0.4, -0.2) is 45.2 Å². The van der Waals surface area contributed by atoms with Gasteiger partial charge in [-0.05, 0) is 24.6 Å². The quantitative estimate of drug-likeness (QED) is 0.853. The van der Waals surface area contributed by atoms with Crippen molar-refractivity contribution in [2.24, 2.45) is 5.14 Å². The van der Waals surface area contributed by atoms with Crippen molar-refractivity contribution in [3.63, 3.8) is 0 Å². The summed E-state index contributed by atoms with van der Waals surface area (Å²) in [6.07, 6.45) is -3.75. The lowest BCUT2D eigenvalue weighted by molar-refractivity contribution is -0.143. The Bertz CT molecular complexity index is 728. The van der Waals surface area contributed by atoms with Gasteiger partial charge in [-0.1, -0.05) is 0 Å². The van der Waals surface area contributed by atoms with Crippen LogP contribution in [0.2, 0.25) is 0 Å². The number of nitrogens with zero attached hydrogens (tertiary/aromatic N) is 2. The summed E-state index contributed by atoms with van der Waals surface area (Å²) >= 11 is 0. The Morgan fingerprint density at radius 1 is 1.43 bits per heavy atom. The van der Waals surface area contributed by atoms with E-state index in [1.54, 1.807) is 0 Å². The Kier molecular flexibility index (Phi) is 4.84. The van der Waals surface area contributed by atoms with E-state index in [0.29, 0.717) is 18.7 Å². The maximum atomic E-state index is 12.4. The summed E-state index contributed by atoms with van der Waals surface area (Å²) < 4.78 is 59.6. The van der Waals surface area contributed by atoms with Crippen LogP contribution in [0.5, 0.6) is 0 Å². The highest BCUT2D eigenvalue weighted by molar-refractivity contribution is 7.89. The van der Waals surface area contributed by atoms with E-state index in [0.717, 1.165) is 6.07 Å². The third-order valence-electron chi connectivity index (χ3n) is 3.47. The van der Waals surface area contributed by atoms with E-state index in [2.05, 4.69) is 5.32 Å². The summed E-state index contributed by atoms with van der Waals surface area (Å²) in [5.41, 5.74) is 0.449. The number of alkyl halides is 3. The molecule has 1 aromatic carbocycles. The number of hydrogen-bond donors (Lipinski definition) is 2. The predicted octanol–water partition coefficient (Wildman–Crippen LogP) is 1.25. The fourth-order valence-corrected chi connectivity index (χ4v) is 3.03. The number of anilines is 1. The van der Waals surface area contributed by atoms with Crippen LogP contribution in [0.4, 0.5) is 18.9 Å². The number of benzene rings is 1. The van der Waals surface area contributed by atoms with Gasteiger partial charge in [0.05, 0.1) is 22.7 Å². The van der Waals surface area contributed by atoms with Gasteiger partial charge in [0.2, 0.25) is 10.0 Å². The molecule has 1 fully saturated rings. The largest absolute Gasteiger partial charge is 0.401 e. The molecule has 1 aromatic rings. The van der Waals surface area contributed by atoms with Crippen molar-refractivity contribution >= 4 is 15.7 Å². The summed E-state index contributed by atoms with van der Waals surface area (Å²) in [7, 11) is -3.92. The van der Waals surface area contributed by atoms with Gasteiger partial charge in [0.1, 0.15) is 6.07 Å². The van der Waals surface area contributed by atoms with Gasteiger partial charge in [-0.25, -0.2) is 13.6 Å². The van der Waals surface area contributed by atoms with Crippen molar-refractivity contribution in [3.8, 4) is 6.07 Å². The van der Waals surface area contributed by atoms with Crippen molar-refractivity contribution in [3.05, 3.63) is 23.8 Å². The first-order valence-corrected chi connectivity index (χ1v) is 8.26. The van der Waals surface area contributed by atoms with E-state index in [1.165, 1.54) is 17.0 Å². The number of rotatable bonds is 4. The van der Waals surface area contributed by atoms with Crippen LogP contribution < -0.4 is 10.5 Å². The molecule has 0 aliphatic carbocycles. The highest BCUT2D eigenvalue weighted by Crippen LogP contribution is 2.24. The van der Waals surface area contributed by atoms with E-state index in [1.807, 2.05) is 6.07 Å². The minimum atomic E-state index is -4.25. The molecule has 1 saturated heterocycles. The second kappa shape index (κ2) is 6.35. The van der Waals surface area contributed by atoms with E-state index in [-0.39, 0.29) is 23.0 Å². The van der Waals surface area contributed by atoms with Crippen LogP contribution in [0, 0.1) is 11.3 Å². The number of halogens is 3. The molecule has 0 amide bonds. The van der Waals surface area contributed by atoms with E-state index >= 15 is 0 Å². The van der Waals surface area contributed by atoms with Crippen molar-refractivity contribution < 1.29 is 21.6 Å². The van der Waals surface area contributed by atoms with Crippen molar-refractivity contribution in [1.82, 2.24) is 4.90 Å². The summed E-state index contributed by atoms with van der Waals surface area (Å²) in [5.74, 6) is 0. The fraction of sp³-hybridized carbons (Fsp3) is 0.462. The third kappa shape index (κ3) is 4.82. The zero-order chi connectivity index (χ0) is 17.3. The summed E-state index contributed by atoms with van der Waals surface area (Å²) in [5, 5.41) is 17.1. The maximum absolute atomic E-state index is 12.4. The smallest absolute Gasteiger partial charge is 0.380 e. The molecule has 1 aliphatic rings. The molecule has 0 spiro atoms. The predicted molar refractivity (Wildman–Crippen MR) is 77.1 cm³/mol. The SMILES string of the molecule is N#Cc1cc(S(N)(=O)=O)ccc1NC1CCN(CC(F)(F)F)C1. The van der Waals surface area contributed by atoms with Gasteiger partial charge in [0.15, 0.2) is 0 Å². The molecule has 0 bridgehead atoms. The molecule has 3 N–H and O–H groups in total. The summed E-state index contributed by atoms with van der Waals surface area (Å²) in [4.78, 5) is 1.09. The van der Waals surface area contributed by atoms with Crippen LogP contribution in [-0.2, 0) is 10.0 Å². The molecule has 1 heterocycles. The molecule has 10 heteroatoms. The molecular formula is C13H15F3N4O2S. The average molecular weight is 348 g/mol. The lowest BCUT2D eigenvalue weighted by Crippen LogP contribution is -2.34. The number of likely N-dealkylation sites (tertiary alicyclic amines) is 1. The maximum Gasteiger partial charge on any atom is 0.401 e. The minimum absolute atomic E-state index is 0.0748. The van der Waals surface area contributed by atoms with Crippen LogP contribution in [0.1, 0.15) is 12.0 Å². The Morgan fingerprint density at radius 3 is 2.70 bits per heavy atom. The van der Waals surface area contributed by atoms with Crippen molar-refractivity contribution in [2.45, 2.75) is 23.5 Å².